The van der Waals surface area contributed by atoms with Crippen molar-refractivity contribution < 1.29 is 9.53 Å². The minimum absolute atomic E-state index is 0.00819. The molecule has 2 atom stereocenters. The van der Waals surface area contributed by atoms with Gasteiger partial charge in [0, 0.05) is 19.2 Å². The molecule has 1 aliphatic carbocycles. The van der Waals surface area contributed by atoms with Crippen LogP contribution in [-0.4, -0.2) is 31.7 Å². The zero-order chi connectivity index (χ0) is 12.7. The highest BCUT2D eigenvalue weighted by Gasteiger charge is 2.27. The van der Waals surface area contributed by atoms with E-state index in [0.717, 1.165) is 32.3 Å². The van der Waals surface area contributed by atoms with E-state index in [1.165, 1.54) is 0 Å². The monoisotopic (exact) mass is 242 g/mol. The predicted octanol–water partition coefficient (Wildman–Crippen LogP) is 1.29. The van der Waals surface area contributed by atoms with Gasteiger partial charge in [-0.3, -0.25) is 4.79 Å². The summed E-state index contributed by atoms with van der Waals surface area (Å²) in [6, 6.07) is 0.0420. The van der Waals surface area contributed by atoms with Crippen LogP contribution in [0.3, 0.4) is 0 Å². The molecular weight excluding hydrogens is 216 g/mol. The van der Waals surface area contributed by atoms with Crippen molar-refractivity contribution in [2.45, 2.75) is 45.6 Å². The minimum Gasteiger partial charge on any atom is -0.379 e. The van der Waals surface area contributed by atoms with E-state index in [4.69, 9.17) is 10.5 Å². The lowest BCUT2D eigenvalue weighted by Crippen LogP contribution is -2.44. The first kappa shape index (κ1) is 14.5. The van der Waals surface area contributed by atoms with E-state index >= 15 is 0 Å². The van der Waals surface area contributed by atoms with Crippen LogP contribution >= 0.6 is 0 Å². The lowest BCUT2D eigenvalue weighted by Gasteiger charge is -2.27. The molecular formula is C13H26N2O2. The molecule has 100 valence electrons. The molecule has 17 heavy (non-hydrogen) atoms. The van der Waals surface area contributed by atoms with Crippen molar-refractivity contribution in [1.82, 2.24) is 5.32 Å². The molecule has 0 aromatic carbocycles. The third kappa shape index (κ3) is 5.50. The molecule has 1 rings (SSSR count). The molecule has 4 nitrogen and oxygen atoms in total. The Hall–Kier alpha value is -0.610. The summed E-state index contributed by atoms with van der Waals surface area (Å²) >= 11 is 0. The Morgan fingerprint density at radius 2 is 2.12 bits per heavy atom. The zero-order valence-corrected chi connectivity index (χ0v) is 11.1. The van der Waals surface area contributed by atoms with Crippen molar-refractivity contribution in [3.05, 3.63) is 0 Å². The standard InChI is InChI=1S/C13H26N2O2/c1-10(2)9-17-8-7-15-13(16)11-5-3-4-6-12(11)14/h10-12H,3-9,14H2,1-2H3,(H,15,16). The number of carbonyl (C=O) groups excluding carboxylic acids is 1. The van der Waals surface area contributed by atoms with Crippen LogP contribution in [0.5, 0.6) is 0 Å². The number of rotatable bonds is 6. The molecule has 1 aliphatic rings. The number of hydrogen-bond donors (Lipinski definition) is 2. The fourth-order valence-electron chi connectivity index (χ4n) is 2.18. The van der Waals surface area contributed by atoms with Gasteiger partial charge in [0.2, 0.25) is 5.91 Å². The first-order chi connectivity index (χ1) is 8.11. The molecule has 2 unspecified atom stereocenters. The number of carbonyl (C=O) groups is 1. The van der Waals surface area contributed by atoms with Gasteiger partial charge in [0.05, 0.1) is 12.5 Å². The molecule has 0 saturated heterocycles. The van der Waals surface area contributed by atoms with E-state index in [2.05, 4.69) is 19.2 Å². The largest absolute Gasteiger partial charge is 0.379 e. The van der Waals surface area contributed by atoms with Gasteiger partial charge < -0.3 is 15.8 Å². The molecule has 1 amide bonds. The molecule has 3 N–H and O–H groups in total. The van der Waals surface area contributed by atoms with Gasteiger partial charge in [0.15, 0.2) is 0 Å². The van der Waals surface area contributed by atoms with Crippen LogP contribution in [0.25, 0.3) is 0 Å². The normalized spacial score (nSPS) is 24.9. The van der Waals surface area contributed by atoms with Crippen LogP contribution in [0.15, 0.2) is 0 Å². The SMILES string of the molecule is CC(C)COCCNC(=O)C1CCCCC1N. The second kappa shape index (κ2) is 7.67. The molecule has 0 radical (unpaired) electrons. The van der Waals surface area contributed by atoms with Gasteiger partial charge in [-0.1, -0.05) is 26.7 Å². The molecule has 4 heteroatoms. The number of amides is 1. The predicted molar refractivity (Wildman–Crippen MR) is 68.6 cm³/mol. The van der Waals surface area contributed by atoms with Gasteiger partial charge in [-0.05, 0) is 18.8 Å². The maximum absolute atomic E-state index is 11.9. The summed E-state index contributed by atoms with van der Waals surface area (Å²) in [5.41, 5.74) is 5.96. The average molecular weight is 242 g/mol. The van der Waals surface area contributed by atoms with Gasteiger partial charge >= 0.3 is 0 Å². The third-order valence-corrected chi connectivity index (χ3v) is 3.15. The Balaban J connectivity index is 2.11. The summed E-state index contributed by atoms with van der Waals surface area (Å²) in [6.45, 7) is 6.15. The first-order valence-corrected chi connectivity index (χ1v) is 6.72. The van der Waals surface area contributed by atoms with Crippen LogP contribution < -0.4 is 11.1 Å². The maximum atomic E-state index is 11.9. The van der Waals surface area contributed by atoms with Crippen LogP contribution in [0, 0.1) is 11.8 Å². The number of hydrogen-bond acceptors (Lipinski definition) is 3. The van der Waals surface area contributed by atoms with Crippen molar-refractivity contribution in [1.29, 1.82) is 0 Å². The Labute approximate surface area is 104 Å². The Morgan fingerprint density at radius 3 is 2.76 bits per heavy atom. The molecule has 0 spiro atoms. The van der Waals surface area contributed by atoms with Crippen LogP contribution in [-0.2, 0) is 9.53 Å². The van der Waals surface area contributed by atoms with E-state index in [1.54, 1.807) is 0 Å². The molecule has 0 aliphatic heterocycles. The quantitative estimate of drug-likeness (QED) is 0.690. The molecule has 1 fully saturated rings. The zero-order valence-electron chi connectivity index (χ0n) is 11.1. The maximum Gasteiger partial charge on any atom is 0.224 e. The van der Waals surface area contributed by atoms with E-state index in [-0.39, 0.29) is 17.9 Å². The summed E-state index contributed by atoms with van der Waals surface area (Å²) in [6.07, 6.45) is 4.18. The topological polar surface area (TPSA) is 64.3 Å². The minimum atomic E-state index is 0.00819. The highest BCUT2D eigenvalue weighted by molar-refractivity contribution is 5.79. The number of nitrogens with one attached hydrogen (secondary N) is 1. The average Bonchev–Trinajstić information content (AvgIpc) is 2.28. The van der Waals surface area contributed by atoms with Gasteiger partial charge in [0.25, 0.3) is 0 Å². The second-order valence-electron chi connectivity index (χ2n) is 5.31. The Kier molecular flexibility index (Phi) is 6.52. The second-order valence-corrected chi connectivity index (χ2v) is 5.31. The first-order valence-electron chi connectivity index (χ1n) is 6.72. The summed E-state index contributed by atoms with van der Waals surface area (Å²) in [7, 11) is 0. The van der Waals surface area contributed by atoms with E-state index in [9.17, 15) is 4.79 Å². The van der Waals surface area contributed by atoms with Crippen LogP contribution in [0.1, 0.15) is 39.5 Å². The molecule has 1 saturated carbocycles. The lowest BCUT2D eigenvalue weighted by atomic mass is 9.84. The third-order valence-electron chi connectivity index (χ3n) is 3.15. The molecule has 0 bridgehead atoms. The fourth-order valence-corrected chi connectivity index (χ4v) is 2.18. The number of nitrogens with two attached hydrogens (primary N) is 1. The van der Waals surface area contributed by atoms with Crippen molar-refractivity contribution in [2.24, 2.45) is 17.6 Å². The molecule has 0 heterocycles. The van der Waals surface area contributed by atoms with Crippen LogP contribution in [0.2, 0.25) is 0 Å². The lowest BCUT2D eigenvalue weighted by molar-refractivity contribution is -0.126. The molecule has 0 aromatic rings. The van der Waals surface area contributed by atoms with Crippen molar-refractivity contribution in [2.75, 3.05) is 19.8 Å². The van der Waals surface area contributed by atoms with E-state index in [1.807, 2.05) is 0 Å². The highest BCUT2D eigenvalue weighted by atomic mass is 16.5. The Morgan fingerprint density at radius 1 is 1.41 bits per heavy atom. The summed E-state index contributed by atoms with van der Waals surface area (Å²) in [5.74, 6) is 0.650. The van der Waals surface area contributed by atoms with Crippen molar-refractivity contribution in [3.8, 4) is 0 Å². The van der Waals surface area contributed by atoms with E-state index in [0.29, 0.717) is 19.1 Å². The number of ether oxygens (including phenoxy) is 1. The van der Waals surface area contributed by atoms with Gasteiger partial charge in [-0.25, -0.2) is 0 Å². The van der Waals surface area contributed by atoms with Gasteiger partial charge in [0.1, 0.15) is 0 Å². The summed E-state index contributed by atoms with van der Waals surface area (Å²) in [4.78, 5) is 11.9. The summed E-state index contributed by atoms with van der Waals surface area (Å²) < 4.78 is 5.41. The fraction of sp³-hybridized carbons (Fsp3) is 0.923. The highest BCUT2D eigenvalue weighted by Crippen LogP contribution is 2.22. The molecule has 0 aromatic heterocycles. The van der Waals surface area contributed by atoms with Crippen LogP contribution in [0.4, 0.5) is 0 Å². The smallest absolute Gasteiger partial charge is 0.224 e. The van der Waals surface area contributed by atoms with Gasteiger partial charge in [-0.15, -0.1) is 0 Å². The van der Waals surface area contributed by atoms with Crippen molar-refractivity contribution >= 4 is 5.91 Å². The van der Waals surface area contributed by atoms with E-state index < -0.39 is 0 Å². The summed E-state index contributed by atoms with van der Waals surface area (Å²) in [5, 5.41) is 2.91. The van der Waals surface area contributed by atoms with Gasteiger partial charge in [-0.2, -0.15) is 0 Å². The van der Waals surface area contributed by atoms with Crippen molar-refractivity contribution in [3.63, 3.8) is 0 Å². The Bertz CT molecular complexity index is 231.